The van der Waals surface area contributed by atoms with E-state index in [1.165, 1.54) is 0 Å². The number of nitrogens with zero attached hydrogens (tertiary/aromatic N) is 3. The molecule has 0 atom stereocenters. The van der Waals surface area contributed by atoms with E-state index in [9.17, 15) is 9.90 Å². The predicted octanol–water partition coefficient (Wildman–Crippen LogP) is 4.99. The van der Waals surface area contributed by atoms with Gasteiger partial charge in [-0.25, -0.2) is 4.98 Å². The van der Waals surface area contributed by atoms with Crippen LogP contribution in [0, 0.1) is 0 Å². The number of phenolic OH excluding ortho intramolecular Hbond substituents is 1. The summed E-state index contributed by atoms with van der Waals surface area (Å²) in [5.74, 6) is -0.145. The van der Waals surface area contributed by atoms with Gasteiger partial charge < -0.3 is 10.4 Å². The Kier molecular flexibility index (Phi) is 5.47. The minimum absolute atomic E-state index is 0.110. The topological polar surface area (TPSA) is 88.0 Å². The summed E-state index contributed by atoms with van der Waals surface area (Å²) >= 11 is 0. The van der Waals surface area contributed by atoms with Crippen molar-refractivity contribution in [3.05, 3.63) is 108 Å². The molecule has 33 heavy (non-hydrogen) atoms. The number of hydrogen-bond acceptors (Lipinski definition) is 5. The van der Waals surface area contributed by atoms with Crippen LogP contribution in [0.25, 0.3) is 33.3 Å². The summed E-state index contributed by atoms with van der Waals surface area (Å²) in [6.07, 6.45) is 1.64. The van der Waals surface area contributed by atoms with Crippen LogP contribution in [0.1, 0.15) is 16.1 Å². The molecule has 0 aliphatic rings. The minimum atomic E-state index is -0.255. The minimum Gasteiger partial charge on any atom is -0.507 e. The second kappa shape index (κ2) is 8.88. The number of aromatic nitrogens is 3. The van der Waals surface area contributed by atoms with Gasteiger partial charge in [-0.2, -0.15) is 10.2 Å². The smallest absolute Gasteiger partial charge is 0.252 e. The van der Waals surface area contributed by atoms with Gasteiger partial charge in [0.1, 0.15) is 5.75 Å². The van der Waals surface area contributed by atoms with E-state index in [2.05, 4.69) is 20.5 Å². The number of benzene rings is 3. The van der Waals surface area contributed by atoms with E-state index in [-0.39, 0.29) is 18.2 Å². The van der Waals surface area contributed by atoms with Gasteiger partial charge in [-0.3, -0.25) is 4.79 Å². The molecule has 0 saturated carbocycles. The molecule has 3 aromatic carbocycles. The molecule has 0 fully saturated rings. The molecule has 2 N–H and O–H groups in total. The lowest BCUT2D eigenvalue weighted by molar-refractivity contribution is 0.0952. The molecule has 0 bridgehead atoms. The zero-order valence-corrected chi connectivity index (χ0v) is 17.6. The first-order valence-corrected chi connectivity index (χ1v) is 10.5. The van der Waals surface area contributed by atoms with Gasteiger partial charge in [-0.15, -0.1) is 0 Å². The molecule has 6 heteroatoms. The Bertz CT molecular complexity index is 1450. The van der Waals surface area contributed by atoms with Gasteiger partial charge in [-0.1, -0.05) is 60.7 Å². The normalized spacial score (nSPS) is 10.8. The molecule has 0 spiro atoms. The molecule has 2 aromatic heterocycles. The zero-order chi connectivity index (χ0) is 22.6. The first-order valence-electron chi connectivity index (χ1n) is 10.5. The van der Waals surface area contributed by atoms with E-state index in [0.29, 0.717) is 28.0 Å². The lowest BCUT2D eigenvalue weighted by atomic mass is 10.0. The van der Waals surface area contributed by atoms with Crippen molar-refractivity contribution in [3.8, 4) is 28.1 Å². The summed E-state index contributed by atoms with van der Waals surface area (Å²) in [4.78, 5) is 18.0. The molecule has 160 valence electrons. The summed E-state index contributed by atoms with van der Waals surface area (Å²) in [7, 11) is 0. The summed E-state index contributed by atoms with van der Waals surface area (Å²) < 4.78 is 0. The van der Waals surface area contributed by atoms with Crippen LogP contribution in [0.15, 0.2) is 97.2 Å². The predicted molar refractivity (Wildman–Crippen MR) is 127 cm³/mol. The third-order valence-corrected chi connectivity index (χ3v) is 5.44. The number of aromatic hydroxyl groups is 1. The Hall–Kier alpha value is -4.58. The Morgan fingerprint density at radius 2 is 1.61 bits per heavy atom. The molecule has 6 nitrogen and oxygen atoms in total. The maximum Gasteiger partial charge on any atom is 0.252 e. The quantitative estimate of drug-likeness (QED) is 0.408. The van der Waals surface area contributed by atoms with Crippen LogP contribution in [0.4, 0.5) is 0 Å². The average Bonchev–Trinajstić information content (AvgIpc) is 2.87. The number of carbonyl (C=O) groups excluding carboxylic acids is 1. The maximum absolute atomic E-state index is 13.3. The van der Waals surface area contributed by atoms with Gasteiger partial charge >= 0.3 is 0 Å². The Balaban J connectivity index is 1.49. The van der Waals surface area contributed by atoms with E-state index in [1.54, 1.807) is 30.5 Å². The van der Waals surface area contributed by atoms with Crippen molar-refractivity contribution in [2.24, 2.45) is 0 Å². The fourth-order valence-electron chi connectivity index (χ4n) is 3.82. The second-order valence-corrected chi connectivity index (χ2v) is 7.53. The van der Waals surface area contributed by atoms with Crippen molar-refractivity contribution in [1.29, 1.82) is 0 Å². The molecule has 0 saturated heterocycles. The van der Waals surface area contributed by atoms with Crippen molar-refractivity contribution in [3.63, 3.8) is 0 Å². The molecule has 2 heterocycles. The molecular weight excluding hydrogens is 412 g/mol. The number of pyridine rings is 1. The number of amides is 1. The van der Waals surface area contributed by atoms with Gasteiger partial charge in [0.2, 0.25) is 0 Å². The van der Waals surface area contributed by atoms with Crippen molar-refractivity contribution in [2.45, 2.75) is 6.54 Å². The Labute approximate surface area is 190 Å². The third-order valence-electron chi connectivity index (χ3n) is 5.44. The lowest BCUT2D eigenvalue weighted by Crippen LogP contribution is -2.24. The molecule has 0 aliphatic heterocycles. The number of carbonyl (C=O) groups is 1. The first-order chi connectivity index (χ1) is 16.2. The number of rotatable bonds is 5. The van der Waals surface area contributed by atoms with E-state index in [1.807, 2.05) is 66.7 Å². The highest BCUT2D eigenvalue weighted by Crippen LogP contribution is 2.30. The zero-order valence-electron chi connectivity index (χ0n) is 17.6. The molecule has 5 rings (SSSR count). The SMILES string of the molecule is O=C(NCc1nnccc1-c1ccccc1)c1cc(-c2ccccc2O)nc2ccccc12. The van der Waals surface area contributed by atoms with E-state index >= 15 is 0 Å². The van der Waals surface area contributed by atoms with Crippen LogP contribution < -0.4 is 5.32 Å². The number of para-hydroxylation sites is 2. The van der Waals surface area contributed by atoms with Gasteiger partial charge in [0.05, 0.1) is 35.2 Å². The molecule has 0 radical (unpaired) electrons. The van der Waals surface area contributed by atoms with Crippen LogP contribution in [0.2, 0.25) is 0 Å². The van der Waals surface area contributed by atoms with Gasteiger partial charge in [0, 0.05) is 16.5 Å². The highest BCUT2D eigenvalue weighted by molar-refractivity contribution is 6.07. The number of nitrogens with one attached hydrogen (secondary N) is 1. The monoisotopic (exact) mass is 432 g/mol. The summed E-state index contributed by atoms with van der Waals surface area (Å²) in [5.41, 5.74) is 4.85. The fraction of sp³-hybridized carbons (Fsp3) is 0.0370. The van der Waals surface area contributed by atoms with Crippen molar-refractivity contribution < 1.29 is 9.90 Å². The number of phenols is 1. The van der Waals surface area contributed by atoms with Gasteiger partial charge in [0.15, 0.2) is 0 Å². The summed E-state index contributed by atoms with van der Waals surface area (Å²) in [6, 6.07) is 27.9. The van der Waals surface area contributed by atoms with Crippen molar-refractivity contribution in [1.82, 2.24) is 20.5 Å². The number of hydrogen-bond donors (Lipinski definition) is 2. The Morgan fingerprint density at radius 1 is 0.848 bits per heavy atom. The van der Waals surface area contributed by atoms with Crippen LogP contribution in [0.3, 0.4) is 0 Å². The van der Waals surface area contributed by atoms with Crippen LogP contribution >= 0.6 is 0 Å². The van der Waals surface area contributed by atoms with Gasteiger partial charge in [-0.05, 0) is 35.9 Å². The average molecular weight is 432 g/mol. The van der Waals surface area contributed by atoms with E-state index < -0.39 is 0 Å². The standard InChI is InChI=1S/C27H20N4O2/c32-26-13-7-5-11-21(26)24-16-22(20-10-4-6-12-23(20)30-24)27(33)28-17-25-19(14-15-29-31-25)18-8-2-1-3-9-18/h1-16,32H,17H2,(H,28,33). The molecule has 1 amide bonds. The molecule has 0 aliphatic carbocycles. The fourth-order valence-corrected chi connectivity index (χ4v) is 3.82. The van der Waals surface area contributed by atoms with Crippen LogP contribution in [-0.4, -0.2) is 26.2 Å². The van der Waals surface area contributed by atoms with Crippen molar-refractivity contribution >= 4 is 16.8 Å². The van der Waals surface area contributed by atoms with Crippen molar-refractivity contribution in [2.75, 3.05) is 0 Å². The number of fused-ring (bicyclic) bond motifs is 1. The molecular formula is C27H20N4O2. The van der Waals surface area contributed by atoms with Crippen LogP contribution in [-0.2, 0) is 6.54 Å². The van der Waals surface area contributed by atoms with Gasteiger partial charge in [0.25, 0.3) is 5.91 Å². The van der Waals surface area contributed by atoms with E-state index in [4.69, 9.17) is 0 Å². The van der Waals surface area contributed by atoms with Crippen LogP contribution in [0.5, 0.6) is 5.75 Å². The maximum atomic E-state index is 13.3. The lowest BCUT2D eigenvalue weighted by Gasteiger charge is -2.12. The third kappa shape index (κ3) is 4.14. The molecule has 5 aromatic rings. The molecule has 0 unspecified atom stereocenters. The first kappa shape index (κ1) is 20.3. The second-order valence-electron chi connectivity index (χ2n) is 7.53. The summed E-state index contributed by atoms with van der Waals surface area (Å²) in [5, 5.41) is 22.3. The highest BCUT2D eigenvalue weighted by Gasteiger charge is 2.16. The Morgan fingerprint density at radius 3 is 2.45 bits per heavy atom. The highest BCUT2D eigenvalue weighted by atomic mass is 16.3. The summed E-state index contributed by atoms with van der Waals surface area (Å²) in [6.45, 7) is 0.222. The largest absolute Gasteiger partial charge is 0.507 e. The van der Waals surface area contributed by atoms with E-state index in [0.717, 1.165) is 16.5 Å².